The summed E-state index contributed by atoms with van der Waals surface area (Å²) < 4.78 is 1.76. The second-order valence-corrected chi connectivity index (χ2v) is 8.84. The summed E-state index contributed by atoms with van der Waals surface area (Å²) in [5.41, 5.74) is 3.04. The fraction of sp³-hybridized carbons (Fsp3) is 0.154. The highest BCUT2D eigenvalue weighted by Crippen LogP contribution is 2.50. The van der Waals surface area contributed by atoms with Gasteiger partial charge in [0.1, 0.15) is 0 Å². The van der Waals surface area contributed by atoms with Crippen molar-refractivity contribution in [3.63, 3.8) is 0 Å². The lowest BCUT2D eigenvalue weighted by atomic mass is 9.90. The summed E-state index contributed by atoms with van der Waals surface area (Å²) in [4.78, 5) is 35.3. The number of benzene rings is 2. The van der Waals surface area contributed by atoms with Gasteiger partial charge in [0, 0.05) is 41.6 Å². The van der Waals surface area contributed by atoms with Gasteiger partial charge in [-0.25, -0.2) is 4.68 Å². The van der Waals surface area contributed by atoms with Crippen LogP contribution < -0.4 is 0 Å². The zero-order chi connectivity index (χ0) is 23.4. The monoisotopic (exact) mass is 469 g/mol. The zero-order valence-corrected chi connectivity index (χ0v) is 19.1. The molecule has 34 heavy (non-hydrogen) atoms. The molecule has 1 saturated heterocycles. The van der Waals surface area contributed by atoms with Gasteiger partial charge in [-0.05, 0) is 37.3 Å². The van der Waals surface area contributed by atoms with Crippen LogP contribution in [-0.4, -0.2) is 49.5 Å². The standard InChI is InChI=1S/C26H20ClN5O2/c1-17-22(15-29-32(17)20-5-3-2-4-6-20)25(34)31-14-13-30-24(33)21-11-12-28-16-23(21)26(30,31)18-7-9-19(27)10-8-18/h2-12,15-16H,13-14H2,1H3. The number of pyridine rings is 1. The van der Waals surface area contributed by atoms with E-state index in [9.17, 15) is 9.59 Å². The van der Waals surface area contributed by atoms with Crippen LogP contribution in [0, 0.1) is 6.92 Å². The van der Waals surface area contributed by atoms with Gasteiger partial charge in [0.2, 0.25) is 0 Å². The van der Waals surface area contributed by atoms with E-state index in [0.717, 1.165) is 16.9 Å². The summed E-state index contributed by atoms with van der Waals surface area (Å²) in [6, 6.07) is 18.7. The van der Waals surface area contributed by atoms with Gasteiger partial charge in [-0.1, -0.05) is 41.9 Å². The molecule has 2 aromatic heterocycles. The molecule has 2 aliphatic rings. The molecule has 1 atom stereocenters. The van der Waals surface area contributed by atoms with E-state index in [2.05, 4.69) is 10.1 Å². The summed E-state index contributed by atoms with van der Waals surface area (Å²) in [6.07, 6.45) is 4.90. The summed E-state index contributed by atoms with van der Waals surface area (Å²) in [5, 5.41) is 5.07. The van der Waals surface area contributed by atoms with Crippen LogP contribution in [0.15, 0.2) is 79.3 Å². The lowest BCUT2D eigenvalue weighted by molar-refractivity contribution is 0.0374. The normalized spacial score (nSPS) is 18.8. The van der Waals surface area contributed by atoms with Crippen LogP contribution in [0.2, 0.25) is 5.02 Å². The molecule has 0 aliphatic carbocycles. The molecule has 0 radical (unpaired) electrons. The molecule has 0 N–H and O–H groups in total. The maximum absolute atomic E-state index is 14.1. The Bertz CT molecular complexity index is 1430. The first kappa shape index (κ1) is 20.6. The molecule has 0 saturated carbocycles. The van der Waals surface area contributed by atoms with Crippen LogP contribution >= 0.6 is 11.6 Å². The van der Waals surface area contributed by atoms with E-state index < -0.39 is 5.66 Å². The molecule has 1 unspecified atom stereocenters. The molecule has 2 aliphatic heterocycles. The number of hydrogen-bond donors (Lipinski definition) is 0. The zero-order valence-electron chi connectivity index (χ0n) is 18.4. The summed E-state index contributed by atoms with van der Waals surface area (Å²) in [6.45, 7) is 2.68. The van der Waals surface area contributed by atoms with Crippen molar-refractivity contribution in [1.82, 2.24) is 24.6 Å². The van der Waals surface area contributed by atoms with Crippen molar-refractivity contribution in [3.05, 3.63) is 112 Å². The van der Waals surface area contributed by atoms with E-state index in [0.29, 0.717) is 34.8 Å². The van der Waals surface area contributed by atoms with E-state index >= 15 is 0 Å². The number of halogens is 1. The smallest absolute Gasteiger partial charge is 0.259 e. The Balaban J connectivity index is 1.52. The highest BCUT2D eigenvalue weighted by Gasteiger charge is 2.60. The minimum Gasteiger partial charge on any atom is -0.306 e. The number of nitrogens with zero attached hydrogens (tertiary/aromatic N) is 5. The van der Waals surface area contributed by atoms with Crippen LogP contribution in [0.1, 0.15) is 37.5 Å². The first-order valence-corrected chi connectivity index (χ1v) is 11.4. The predicted octanol–water partition coefficient (Wildman–Crippen LogP) is 4.04. The second kappa shape index (κ2) is 7.53. The Hall–Kier alpha value is -3.97. The van der Waals surface area contributed by atoms with Crippen molar-refractivity contribution in [1.29, 1.82) is 0 Å². The Morgan fingerprint density at radius 2 is 1.76 bits per heavy atom. The maximum atomic E-state index is 14.1. The molecule has 4 aromatic rings. The molecule has 0 spiro atoms. The van der Waals surface area contributed by atoms with Gasteiger partial charge in [-0.2, -0.15) is 5.10 Å². The van der Waals surface area contributed by atoms with Gasteiger partial charge >= 0.3 is 0 Å². The summed E-state index contributed by atoms with van der Waals surface area (Å²) >= 11 is 6.18. The maximum Gasteiger partial charge on any atom is 0.259 e. The van der Waals surface area contributed by atoms with Crippen molar-refractivity contribution in [3.8, 4) is 5.69 Å². The first-order valence-electron chi connectivity index (χ1n) is 11.0. The molecular formula is C26H20ClN5O2. The van der Waals surface area contributed by atoms with E-state index in [4.69, 9.17) is 11.6 Å². The molecule has 2 aromatic carbocycles. The number of carbonyl (C=O) groups is 2. The van der Waals surface area contributed by atoms with Gasteiger partial charge in [0.15, 0.2) is 5.66 Å². The molecule has 7 nitrogen and oxygen atoms in total. The SMILES string of the molecule is Cc1c(C(=O)N2CCN3C(=O)c4ccncc4C32c2ccc(Cl)cc2)cnn1-c1ccccc1. The third-order valence-corrected chi connectivity index (χ3v) is 6.99. The average Bonchev–Trinajstić information content (AvgIpc) is 3.52. The number of para-hydroxylation sites is 1. The fourth-order valence-corrected chi connectivity index (χ4v) is 5.33. The largest absolute Gasteiger partial charge is 0.306 e. The predicted molar refractivity (Wildman–Crippen MR) is 127 cm³/mol. The van der Waals surface area contributed by atoms with Crippen molar-refractivity contribution >= 4 is 23.4 Å². The van der Waals surface area contributed by atoms with Crippen molar-refractivity contribution in [2.45, 2.75) is 12.6 Å². The first-order chi connectivity index (χ1) is 16.5. The number of fused-ring (bicyclic) bond motifs is 3. The van der Waals surface area contributed by atoms with Crippen LogP contribution in [-0.2, 0) is 5.66 Å². The number of rotatable bonds is 3. The molecule has 2 amide bonds. The van der Waals surface area contributed by atoms with E-state index in [1.54, 1.807) is 51.3 Å². The Kier molecular flexibility index (Phi) is 4.57. The quantitative estimate of drug-likeness (QED) is 0.454. The minimum atomic E-state index is -1.09. The third kappa shape index (κ3) is 2.70. The van der Waals surface area contributed by atoms with Crippen molar-refractivity contribution in [2.75, 3.05) is 13.1 Å². The molecule has 1 fully saturated rings. The van der Waals surface area contributed by atoms with Gasteiger partial charge in [0.05, 0.1) is 28.7 Å². The Morgan fingerprint density at radius 3 is 2.53 bits per heavy atom. The molecule has 0 bridgehead atoms. The lowest BCUT2D eigenvalue weighted by Crippen LogP contribution is -2.51. The number of amides is 2. The van der Waals surface area contributed by atoms with Crippen molar-refractivity contribution in [2.24, 2.45) is 0 Å². The minimum absolute atomic E-state index is 0.112. The highest BCUT2D eigenvalue weighted by atomic mass is 35.5. The number of carbonyl (C=O) groups excluding carboxylic acids is 2. The summed E-state index contributed by atoms with van der Waals surface area (Å²) in [7, 11) is 0. The van der Waals surface area contributed by atoms with Gasteiger partial charge in [0.25, 0.3) is 11.8 Å². The van der Waals surface area contributed by atoms with E-state index in [-0.39, 0.29) is 11.8 Å². The molecule has 168 valence electrons. The van der Waals surface area contributed by atoms with E-state index in [1.807, 2.05) is 49.4 Å². The fourth-order valence-electron chi connectivity index (χ4n) is 5.21. The highest BCUT2D eigenvalue weighted by molar-refractivity contribution is 6.30. The van der Waals surface area contributed by atoms with Crippen LogP contribution in [0.5, 0.6) is 0 Å². The Morgan fingerprint density at radius 1 is 1.00 bits per heavy atom. The number of hydrogen-bond acceptors (Lipinski definition) is 4. The van der Waals surface area contributed by atoms with Gasteiger partial charge < -0.3 is 9.80 Å². The molecule has 8 heteroatoms. The summed E-state index contributed by atoms with van der Waals surface area (Å²) in [5.74, 6) is -0.305. The van der Waals surface area contributed by atoms with E-state index in [1.165, 1.54) is 0 Å². The topological polar surface area (TPSA) is 71.3 Å². The Labute approximate surface area is 201 Å². The molecule has 6 rings (SSSR count). The van der Waals surface area contributed by atoms with Crippen molar-refractivity contribution < 1.29 is 9.59 Å². The molecular weight excluding hydrogens is 450 g/mol. The average molecular weight is 470 g/mol. The second-order valence-electron chi connectivity index (χ2n) is 8.40. The van der Waals surface area contributed by atoms with Crippen LogP contribution in [0.3, 0.4) is 0 Å². The van der Waals surface area contributed by atoms with Gasteiger partial charge in [-0.15, -0.1) is 0 Å². The third-order valence-electron chi connectivity index (χ3n) is 6.73. The van der Waals surface area contributed by atoms with Crippen LogP contribution in [0.25, 0.3) is 5.69 Å². The lowest BCUT2D eigenvalue weighted by Gasteiger charge is -2.40. The van der Waals surface area contributed by atoms with Crippen LogP contribution in [0.4, 0.5) is 0 Å². The molecule has 4 heterocycles. The number of aromatic nitrogens is 3. The van der Waals surface area contributed by atoms with Gasteiger partial charge in [-0.3, -0.25) is 14.6 Å².